The molecule has 4 fully saturated rings. The first-order valence-electron chi connectivity index (χ1n) is 27.9. The minimum Gasteiger partial charge on any atom is -0.459 e. The van der Waals surface area contributed by atoms with E-state index in [2.05, 4.69) is 25.5 Å². The minimum absolute atomic E-state index is 0.0194. The molecule has 3 aliphatic heterocycles. The zero-order valence-corrected chi connectivity index (χ0v) is 48.1. The van der Waals surface area contributed by atoms with Gasteiger partial charge >= 0.3 is 5.97 Å². The number of nitrogens with zero attached hydrogens (tertiary/aromatic N) is 8. The molecule has 0 unspecified atom stereocenters. The van der Waals surface area contributed by atoms with Gasteiger partial charge in [0.2, 0.25) is 0 Å². The van der Waals surface area contributed by atoms with E-state index in [1.54, 1.807) is 57.3 Å². The lowest BCUT2D eigenvalue weighted by atomic mass is 9.77. The SMILES string of the molecule is CC[C@H]1OC(=O)[C@H](C)[C@@H](O[C@H]2C[C@@](C)(OC)[C@@H](O)[C@H](C)O2)[C@H](C)[C@@H](O[C@H]2C[C@@H](N(C)CCc3cn([C@H](CF)[C@H](OC)c4ccc(-n5cc(C6CC6)nn5)cc4)nn3)C[C@@H](C)O2)[C@](C)(O)C[C@@H](C)CN(C)[C@H](C)[C@@H](O)[C@]1(C)O. The van der Waals surface area contributed by atoms with E-state index in [1.807, 2.05) is 77.2 Å². The van der Waals surface area contributed by atoms with Crippen LogP contribution < -0.4 is 0 Å². The normalized spacial score (nSPS) is 38.2. The van der Waals surface area contributed by atoms with Crippen LogP contribution in [0.1, 0.15) is 149 Å². The van der Waals surface area contributed by atoms with E-state index >= 15 is 0 Å². The largest absolute Gasteiger partial charge is 0.459 e. The van der Waals surface area contributed by atoms with E-state index in [-0.39, 0.29) is 37.3 Å². The Morgan fingerprint density at radius 3 is 2.25 bits per heavy atom. The van der Waals surface area contributed by atoms with Crippen molar-refractivity contribution >= 4 is 5.97 Å². The lowest BCUT2D eigenvalue weighted by Gasteiger charge is -2.48. The molecule has 7 rings (SSSR count). The van der Waals surface area contributed by atoms with Gasteiger partial charge in [0.1, 0.15) is 42.7 Å². The summed E-state index contributed by atoms with van der Waals surface area (Å²) in [7, 11) is 6.98. The first-order valence-corrected chi connectivity index (χ1v) is 27.9. The number of carbonyl (C=O) groups excluding carboxylic acids is 1. The second-order valence-corrected chi connectivity index (χ2v) is 23.8. The lowest BCUT2D eigenvalue weighted by molar-refractivity contribution is -0.308. The molecule has 3 aromatic rings. The number of ether oxygens (including phenoxy) is 7. The first-order chi connectivity index (χ1) is 36.3. The molecule has 434 valence electrons. The Balaban J connectivity index is 1.09. The van der Waals surface area contributed by atoms with Crippen molar-refractivity contribution in [3.8, 4) is 5.69 Å². The Morgan fingerprint density at radius 1 is 0.909 bits per heavy atom. The topological polar surface area (TPSA) is 230 Å². The number of halogens is 1. The summed E-state index contributed by atoms with van der Waals surface area (Å²) < 4.78 is 62.9. The van der Waals surface area contributed by atoms with Gasteiger partial charge in [-0.15, -0.1) is 10.2 Å². The smallest absolute Gasteiger partial charge is 0.311 e. The van der Waals surface area contributed by atoms with Crippen LogP contribution in [0.2, 0.25) is 0 Å². The maximum atomic E-state index is 15.0. The summed E-state index contributed by atoms with van der Waals surface area (Å²) in [5.41, 5.74) is -1.08. The van der Waals surface area contributed by atoms with Crippen molar-refractivity contribution in [3.63, 3.8) is 0 Å². The molecule has 1 aromatic carbocycles. The number of aliphatic hydroxyl groups excluding tert-OH is 2. The first kappa shape index (κ1) is 61.0. The fraction of sp³-hybridized carbons (Fsp3) is 0.804. The van der Waals surface area contributed by atoms with Gasteiger partial charge in [0.15, 0.2) is 12.6 Å². The van der Waals surface area contributed by atoms with Gasteiger partial charge in [0.25, 0.3) is 0 Å². The highest BCUT2D eigenvalue weighted by atomic mass is 19.1. The third-order valence-corrected chi connectivity index (χ3v) is 17.4. The van der Waals surface area contributed by atoms with E-state index in [0.717, 1.165) is 29.8 Å². The molecule has 4 aliphatic rings. The van der Waals surface area contributed by atoms with Crippen LogP contribution in [0.4, 0.5) is 4.39 Å². The molecule has 21 heteroatoms. The van der Waals surface area contributed by atoms with E-state index in [9.17, 15) is 29.6 Å². The number of aromatic nitrogens is 6. The maximum absolute atomic E-state index is 15.0. The van der Waals surface area contributed by atoms with Gasteiger partial charge in [-0.2, -0.15) is 0 Å². The fourth-order valence-corrected chi connectivity index (χ4v) is 12.3. The summed E-state index contributed by atoms with van der Waals surface area (Å²) in [6, 6.07) is 6.34. The predicted molar refractivity (Wildman–Crippen MR) is 284 cm³/mol. The van der Waals surface area contributed by atoms with Gasteiger partial charge in [0, 0.05) is 76.7 Å². The molecular weight excluding hydrogens is 996 g/mol. The summed E-state index contributed by atoms with van der Waals surface area (Å²) >= 11 is 0. The molecule has 77 heavy (non-hydrogen) atoms. The zero-order valence-electron chi connectivity index (χ0n) is 48.1. The van der Waals surface area contributed by atoms with E-state index in [1.165, 1.54) is 14.0 Å². The van der Waals surface area contributed by atoms with E-state index < -0.39 is 109 Å². The summed E-state index contributed by atoms with van der Waals surface area (Å²) in [4.78, 5) is 18.7. The second kappa shape index (κ2) is 25.5. The maximum Gasteiger partial charge on any atom is 0.311 e. The summed E-state index contributed by atoms with van der Waals surface area (Å²) in [5.74, 6) is -2.08. The highest BCUT2D eigenvalue weighted by Crippen LogP contribution is 2.42. The second-order valence-electron chi connectivity index (χ2n) is 23.8. The van der Waals surface area contributed by atoms with Crippen LogP contribution in [0, 0.1) is 17.8 Å². The number of cyclic esters (lactones) is 1. The molecule has 4 N–H and O–H groups in total. The summed E-state index contributed by atoms with van der Waals surface area (Å²) in [6.45, 7) is 18.2. The Hall–Kier alpha value is -3.58. The number of benzene rings is 1. The quantitative estimate of drug-likeness (QED) is 0.123. The van der Waals surface area contributed by atoms with Gasteiger partial charge in [-0.05, 0) is 118 Å². The molecule has 1 saturated carbocycles. The fourth-order valence-electron chi connectivity index (χ4n) is 12.3. The van der Waals surface area contributed by atoms with Gasteiger partial charge < -0.3 is 63.4 Å². The molecule has 5 heterocycles. The number of aliphatic hydroxyl groups is 4. The zero-order chi connectivity index (χ0) is 56.3. The number of hydrogen-bond acceptors (Lipinski definition) is 18. The summed E-state index contributed by atoms with van der Waals surface area (Å²) in [6.07, 6.45) is -0.371. The van der Waals surface area contributed by atoms with Crippen LogP contribution in [0.3, 0.4) is 0 Å². The lowest BCUT2D eigenvalue weighted by Crippen LogP contribution is -2.59. The Labute approximate surface area is 455 Å². The molecule has 1 aliphatic carbocycles. The Kier molecular flexibility index (Phi) is 20.2. The van der Waals surface area contributed by atoms with Crippen LogP contribution >= 0.6 is 0 Å². The number of hydrogen-bond donors (Lipinski definition) is 4. The number of methoxy groups -OCH3 is 2. The van der Waals surface area contributed by atoms with Crippen LogP contribution in [0.5, 0.6) is 0 Å². The Bertz CT molecular complexity index is 2340. The molecule has 19 atom stereocenters. The monoisotopic (exact) mass is 1090 g/mol. The van der Waals surface area contributed by atoms with Crippen molar-refractivity contribution in [1.82, 2.24) is 39.8 Å². The van der Waals surface area contributed by atoms with Gasteiger partial charge in [0.05, 0.1) is 64.8 Å². The van der Waals surface area contributed by atoms with Crippen LogP contribution in [0.15, 0.2) is 36.7 Å². The van der Waals surface area contributed by atoms with Crippen molar-refractivity contribution in [3.05, 3.63) is 53.6 Å². The van der Waals surface area contributed by atoms with Gasteiger partial charge in [-0.3, -0.25) is 4.79 Å². The Morgan fingerprint density at radius 2 is 1.61 bits per heavy atom. The van der Waals surface area contributed by atoms with Crippen molar-refractivity contribution in [2.24, 2.45) is 17.8 Å². The highest BCUT2D eigenvalue weighted by Gasteiger charge is 2.52. The number of rotatable bonds is 17. The average Bonchev–Trinajstić information content (AvgIpc) is 3.94. The molecule has 20 nitrogen and oxygen atoms in total. The van der Waals surface area contributed by atoms with E-state index in [4.69, 9.17) is 33.2 Å². The molecule has 0 bridgehead atoms. The average molecular weight is 1090 g/mol. The van der Waals surface area contributed by atoms with Crippen molar-refractivity contribution in [2.45, 2.75) is 223 Å². The standard InChI is InChI=1S/C56H91FN8O12/c1-15-45-56(10,70)50(66)36(6)63(12)29-32(2)26-54(8,69)52(34(4)48(35(5)53(68)75-45)76-47-27-55(9,72-14)51(67)37(7)74-47)77-46-25-42(24-33(3)73-46)62(11)23-22-40-30-65(60-58-40)44(28-57)49(71-13)39-18-20-41(21-19-39)64-31-43(59-61-64)38-16-17-38/h18-21,30-38,42,44-52,66-67,69-70H,15-17,22-29H2,1-14H3/t32-,33-,34+,35-,36-,37+,42+,44-,45-,46+,47+,48+,49-,50-,51+,52-,54-,55-,56-/m1/s1. The number of esters is 1. The molecule has 3 saturated heterocycles. The molecular formula is C56H91FN8O12. The summed E-state index contributed by atoms with van der Waals surface area (Å²) in [5, 5.41) is 65.1. The van der Waals surface area contributed by atoms with Crippen molar-refractivity contribution in [2.75, 3.05) is 48.1 Å². The van der Waals surface area contributed by atoms with Crippen LogP contribution in [-0.2, 0) is 44.4 Å². The minimum atomic E-state index is -1.82. The predicted octanol–water partition coefficient (Wildman–Crippen LogP) is 5.49. The number of alkyl halides is 1. The van der Waals surface area contributed by atoms with Crippen molar-refractivity contribution in [1.29, 1.82) is 0 Å². The molecule has 2 aromatic heterocycles. The van der Waals surface area contributed by atoms with Crippen LogP contribution in [-0.4, -0.2) is 198 Å². The highest BCUT2D eigenvalue weighted by molar-refractivity contribution is 5.73. The molecule has 0 spiro atoms. The van der Waals surface area contributed by atoms with Crippen LogP contribution in [0.25, 0.3) is 5.69 Å². The number of likely N-dealkylation sites (N-methyl/N-ethyl adjacent to an activating group) is 2. The third kappa shape index (κ3) is 14.1. The van der Waals surface area contributed by atoms with Gasteiger partial charge in [-0.25, -0.2) is 13.8 Å². The molecule has 0 amide bonds. The molecule has 0 radical (unpaired) electrons. The van der Waals surface area contributed by atoms with E-state index in [0.29, 0.717) is 44.0 Å². The third-order valence-electron chi connectivity index (χ3n) is 17.4. The van der Waals surface area contributed by atoms with Gasteiger partial charge in [-0.1, -0.05) is 43.3 Å². The van der Waals surface area contributed by atoms with Crippen molar-refractivity contribution < 1.29 is 62.8 Å². The number of carbonyl (C=O) groups is 1.